The SMILES string of the molecule is CCOC(=O)Cc1cccc(-c2cc(=O)c3c(C)cc(C)cc3o2)c1. The molecule has 2 aromatic carbocycles. The zero-order chi connectivity index (χ0) is 18.0. The number of carbonyl (C=O) groups is 1. The van der Waals surface area contributed by atoms with E-state index in [1.54, 1.807) is 6.92 Å². The Kier molecular flexibility index (Phi) is 4.70. The van der Waals surface area contributed by atoms with Gasteiger partial charge in [0.25, 0.3) is 0 Å². The summed E-state index contributed by atoms with van der Waals surface area (Å²) in [4.78, 5) is 24.2. The first-order valence-electron chi connectivity index (χ1n) is 8.28. The van der Waals surface area contributed by atoms with Crippen LogP contribution in [-0.4, -0.2) is 12.6 Å². The molecular weight excluding hydrogens is 316 g/mol. The molecule has 0 spiro atoms. The fraction of sp³-hybridized carbons (Fsp3) is 0.238. The van der Waals surface area contributed by atoms with Crippen LogP contribution in [0.3, 0.4) is 0 Å². The molecule has 0 radical (unpaired) electrons. The second-order valence-corrected chi connectivity index (χ2v) is 6.11. The van der Waals surface area contributed by atoms with Gasteiger partial charge in [0.05, 0.1) is 18.4 Å². The molecule has 0 aliphatic heterocycles. The van der Waals surface area contributed by atoms with Gasteiger partial charge >= 0.3 is 5.97 Å². The summed E-state index contributed by atoms with van der Waals surface area (Å²) in [5.74, 6) is 0.221. The molecule has 0 saturated carbocycles. The topological polar surface area (TPSA) is 56.5 Å². The maximum atomic E-state index is 12.5. The average Bonchev–Trinajstić information content (AvgIpc) is 2.54. The summed E-state index contributed by atoms with van der Waals surface area (Å²) in [5, 5.41) is 0.608. The van der Waals surface area contributed by atoms with E-state index in [0.29, 0.717) is 23.3 Å². The van der Waals surface area contributed by atoms with E-state index in [4.69, 9.17) is 9.15 Å². The first kappa shape index (κ1) is 17.0. The van der Waals surface area contributed by atoms with Crippen LogP contribution in [0, 0.1) is 13.8 Å². The second kappa shape index (κ2) is 6.93. The summed E-state index contributed by atoms with van der Waals surface area (Å²) in [6.07, 6.45) is 0.192. The van der Waals surface area contributed by atoms with Crippen molar-refractivity contribution in [2.24, 2.45) is 0 Å². The fourth-order valence-corrected chi connectivity index (χ4v) is 3.02. The Labute approximate surface area is 146 Å². The number of carbonyl (C=O) groups excluding carboxylic acids is 1. The van der Waals surface area contributed by atoms with Crippen molar-refractivity contribution in [1.29, 1.82) is 0 Å². The van der Waals surface area contributed by atoms with E-state index in [1.165, 1.54) is 6.07 Å². The lowest BCUT2D eigenvalue weighted by Crippen LogP contribution is -2.07. The summed E-state index contributed by atoms with van der Waals surface area (Å²) in [6, 6.07) is 12.8. The van der Waals surface area contributed by atoms with Gasteiger partial charge in [0, 0.05) is 11.6 Å². The molecule has 4 heteroatoms. The first-order chi connectivity index (χ1) is 12.0. The predicted molar refractivity (Wildman–Crippen MR) is 97.7 cm³/mol. The third-order valence-corrected chi connectivity index (χ3v) is 4.04. The number of benzene rings is 2. The zero-order valence-corrected chi connectivity index (χ0v) is 14.6. The molecule has 1 heterocycles. The van der Waals surface area contributed by atoms with Gasteiger partial charge in [-0.15, -0.1) is 0 Å². The van der Waals surface area contributed by atoms with Crippen molar-refractivity contribution in [3.63, 3.8) is 0 Å². The van der Waals surface area contributed by atoms with Crippen molar-refractivity contribution >= 4 is 16.9 Å². The Morgan fingerprint density at radius 3 is 2.68 bits per heavy atom. The van der Waals surface area contributed by atoms with Gasteiger partial charge in [-0.3, -0.25) is 9.59 Å². The van der Waals surface area contributed by atoms with E-state index < -0.39 is 0 Å². The Hall–Kier alpha value is -2.88. The Morgan fingerprint density at radius 1 is 1.12 bits per heavy atom. The normalized spacial score (nSPS) is 10.8. The van der Waals surface area contributed by atoms with Gasteiger partial charge in [-0.05, 0) is 49.6 Å². The highest BCUT2D eigenvalue weighted by Gasteiger charge is 2.11. The molecule has 0 amide bonds. The fourth-order valence-electron chi connectivity index (χ4n) is 3.02. The first-order valence-corrected chi connectivity index (χ1v) is 8.28. The number of esters is 1. The van der Waals surface area contributed by atoms with Crippen molar-refractivity contribution in [3.8, 4) is 11.3 Å². The monoisotopic (exact) mass is 336 g/mol. The van der Waals surface area contributed by atoms with Gasteiger partial charge in [0.1, 0.15) is 11.3 Å². The molecule has 0 N–H and O–H groups in total. The lowest BCUT2D eigenvalue weighted by Gasteiger charge is -2.08. The standard InChI is InChI=1S/C21H20O4/c1-4-24-20(23)11-15-6-5-7-16(10-15)18-12-17(22)21-14(3)8-13(2)9-19(21)25-18/h5-10,12H,4,11H2,1-3H3. The van der Waals surface area contributed by atoms with Crippen LogP contribution in [0.1, 0.15) is 23.6 Å². The van der Waals surface area contributed by atoms with Gasteiger partial charge in [-0.25, -0.2) is 0 Å². The van der Waals surface area contributed by atoms with E-state index in [1.807, 2.05) is 50.2 Å². The summed E-state index contributed by atoms with van der Waals surface area (Å²) >= 11 is 0. The minimum Gasteiger partial charge on any atom is -0.466 e. The third-order valence-electron chi connectivity index (χ3n) is 4.04. The molecule has 0 atom stereocenters. The summed E-state index contributed by atoms with van der Waals surface area (Å²) in [6.45, 7) is 6.02. The molecule has 4 nitrogen and oxygen atoms in total. The molecule has 3 aromatic rings. The highest BCUT2D eigenvalue weighted by molar-refractivity contribution is 5.82. The molecule has 3 rings (SSSR count). The number of fused-ring (bicyclic) bond motifs is 1. The van der Waals surface area contributed by atoms with E-state index in [0.717, 1.165) is 22.3 Å². The highest BCUT2D eigenvalue weighted by atomic mass is 16.5. The minimum atomic E-state index is -0.272. The lowest BCUT2D eigenvalue weighted by molar-refractivity contribution is -0.142. The van der Waals surface area contributed by atoms with Gasteiger partial charge in [-0.2, -0.15) is 0 Å². The zero-order valence-electron chi connectivity index (χ0n) is 14.6. The van der Waals surface area contributed by atoms with E-state index in [2.05, 4.69) is 0 Å². The van der Waals surface area contributed by atoms with Crippen LogP contribution in [0.5, 0.6) is 0 Å². The molecule has 1 aromatic heterocycles. The molecule has 0 saturated heterocycles. The number of hydrogen-bond acceptors (Lipinski definition) is 4. The predicted octanol–water partition coefficient (Wildman–Crippen LogP) is 4.18. The van der Waals surface area contributed by atoms with Crippen molar-refractivity contribution in [2.45, 2.75) is 27.2 Å². The highest BCUT2D eigenvalue weighted by Crippen LogP contribution is 2.25. The van der Waals surface area contributed by atoms with Crippen LogP contribution < -0.4 is 5.43 Å². The second-order valence-electron chi connectivity index (χ2n) is 6.11. The molecule has 0 fully saturated rings. The van der Waals surface area contributed by atoms with Crippen LogP contribution in [0.25, 0.3) is 22.3 Å². The summed E-state index contributed by atoms with van der Waals surface area (Å²) in [5.41, 5.74) is 4.05. The molecular formula is C21H20O4. The Morgan fingerprint density at radius 2 is 1.92 bits per heavy atom. The quantitative estimate of drug-likeness (QED) is 0.671. The Balaban J connectivity index is 2.05. The van der Waals surface area contributed by atoms with Crippen molar-refractivity contribution in [2.75, 3.05) is 6.61 Å². The van der Waals surface area contributed by atoms with E-state index in [-0.39, 0.29) is 17.8 Å². The number of aryl methyl sites for hydroxylation is 2. The molecule has 0 unspecified atom stereocenters. The van der Waals surface area contributed by atoms with Crippen LogP contribution >= 0.6 is 0 Å². The smallest absolute Gasteiger partial charge is 0.310 e. The summed E-state index contributed by atoms with van der Waals surface area (Å²) in [7, 11) is 0. The van der Waals surface area contributed by atoms with Crippen LogP contribution in [0.4, 0.5) is 0 Å². The molecule has 0 aliphatic carbocycles. The number of ether oxygens (including phenoxy) is 1. The van der Waals surface area contributed by atoms with Crippen molar-refractivity contribution < 1.29 is 13.9 Å². The average molecular weight is 336 g/mol. The largest absolute Gasteiger partial charge is 0.466 e. The minimum absolute atomic E-state index is 0.0652. The third kappa shape index (κ3) is 3.63. The number of rotatable bonds is 4. The van der Waals surface area contributed by atoms with Gasteiger partial charge in [0.15, 0.2) is 5.43 Å². The molecule has 0 bridgehead atoms. The van der Waals surface area contributed by atoms with Gasteiger partial charge < -0.3 is 9.15 Å². The van der Waals surface area contributed by atoms with Crippen LogP contribution in [0.2, 0.25) is 0 Å². The van der Waals surface area contributed by atoms with Crippen molar-refractivity contribution in [1.82, 2.24) is 0 Å². The number of hydrogen-bond donors (Lipinski definition) is 0. The molecule has 128 valence electrons. The summed E-state index contributed by atoms with van der Waals surface area (Å²) < 4.78 is 11.0. The molecule has 25 heavy (non-hydrogen) atoms. The molecule has 0 aliphatic rings. The van der Waals surface area contributed by atoms with Gasteiger partial charge in [0.2, 0.25) is 0 Å². The van der Waals surface area contributed by atoms with Gasteiger partial charge in [-0.1, -0.05) is 24.3 Å². The lowest BCUT2D eigenvalue weighted by atomic mass is 10.0. The van der Waals surface area contributed by atoms with Crippen molar-refractivity contribution in [3.05, 3.63) is 69.4 Å². The van der Waals surface area contributed by atoms with E-state index >= 15 is 0 Å². The van der Waals surface area contributed by atoms with Crippen LogP contribution in [-0.2, 0) is 16.0 Å². The van der Waals surface area contributed by atoms with E-state index in [9.17, 15) is 9.59 Å². The maximum absolute atomic E-state index is 12.5. The van der Waals surface area contributed by atoms with Crippen LogP contribution in [0.15, 0.2) is 51.7 Å². The maximum Gasteiger partial charge on any atom is 0.310 e. The Bertz CT molecular complexity index is 998.